The van der Waals surface area contributed by atoms with Crippen molar-refractivity contribution in [2.45, 2.75) is 0 Å². The van der Waals surface area contributed by atoms with Crippen LogP contribution in [0.25, 0.3) is 0 Å². The van der Waals surface area contributed by atoms with E-state index in [4.69, 9.17) is 16.3 Å². The van der Waals surface area contributed by atoms with Crippen molar-refractivity contribution in [1.82, 2.24) is 0 Å². The predicted molar refractivity (Wildman–Crippen MR) is 72.2 cm³/mol. The molecule has 0 atom stereocenters. The molecular weight excluding hydrogens is 359 g/mol. The lowest BCUT2D eigenvalue weighted by molar-refractivity contribution is -0.385. The van der Waals surface area contributed by atoms with Gasteiger partial charge in [0.05, 0.1) is 9.95 Å². The van der Waals surface area contributed by atoms with Crippen molar-refractivity contribution in [2.24, 2.45) is 0 Å². The molecule has 0 unspecified atom stereocenters. The Morgan fingerprint density at radius 1 is 1.20 bits per heavy atom. The van der Waals surface area contributed by atoms with E-state index in [0.717, 1.165) is 18.2 Å². The molecule has 0 amide bonds. The Morgan fingerprint density at radius 3 is 2.50 bits per heavy atom. The lowest BCUT2D eigenvalue weighted by atomic mass is 10.2. The van der Waals surface area contributed by atoms with Crippen molar-refractivity contribution in [3.63, 3.8) is 0 Å². The summed E-state index contributed by atoms with van der Waals surface area (Å²) in [6.45, 7) is 0. The Bertz CT molecular complexity index is 676. The Kier molecular flexibility index (Phi) is 4.20. The SMILES string of the molecule is O=[N+]([O-])c1cc(Cl)c(F)cc1Oc1cc(F)cc(Br)c1. The van der Waals surface area contributed by atoms with Crippen molar-refractivity contribution in [1.29, 1.82) is 0 Å². The maximum Gasteiger partial charge on any atom is 0.313 e. The molecule has 0 aliphatic rings. The summed E-state index contributed by atoms with van der Waals surface area (Å²) in [5.74, 6) is -1.86. The molecule has 0 bridgehead atoms. The maximum absolute atomic E-state index is 13.4. The van der Waals surface area contributed by atoms with Gasteiger partial charge in [-0.1, -0.05) is 27.5 Å². The summed E-state index contributed by atoms with van der Waals surface area (Å²) in [6, 6.07) is 5.20. The third-order valence-electron chi connectivity index (χ3n) is 2.26. The molecule has 0 N–H and O–H groups in total. The van der Waals surface area contributed by atoms with Crippen LogP contribution in [-0.2, 0) is 0 Å². The van der Waals surface area contributed by atoms with Gasteiger partial charge in [0, 0.05) is 22.7 Å². The molecule has 2 aromatic carbocycles. The minimum atomic E-state index is -0.872. The van der Waals surface area contributed by atoms with Crippen LogP contribution in [0.3, 0.4) is 0 Å². The van der Waals surface area contributed by atoms with E-state index in [1.807, 2.05) is 0 Å². The molecule has 4 nitrogen and oxygen atoms in total. The first-order valence-electron chi connectivity index (χ1n) is 5.14. The largest absolute Gasteiger partial charge is 0.450 e. The van der Waals surface area contributed by atoms with Gasteiger partial charge in [-0.15, -0.1) is 0 Å². The third-order valence-corrected chi connectivity index (χ3v) is 3.01. The van der Waals surface area contributed by atoms with Crippen molar-refractivity contribution in [2.75, 3.05) is 0 Å². The number of nitro benzene ring substituents is 1. The summed E-state index contributed by atoms with van der Waals surface area (Å²) in [7, 11) is 0. The van der Waals surface area contributed by atoms with E-state index in [0.29, 0.717) is 4.47 Å². The van der Waals surface area contributed by atoms with Crippen LogP contribution >= 0.6 is 27.5 Å². The zero-order valence-electron chi connectivity index (χ0n) is 9.57. The van der Waals surface area contributed by atoms with Crippen LogP contribution in [0.15, 0.2) is 34.8 Å². The van der Waals surface area contributed by atoms with Crippen LogP contribution in [0.4, 0.5) is 14.5 Å². The average Bonchev–Trinajstić information content (AvgIpc) is 2.31. The van der Waals surface area contributed by atoms with Gasteiger partial charge in [-0.2, -0.15) is 0 Å². The van der Waals surface area contributed by atoms with Gasteiger partial charge in [-0.25, -0.2) is 8.78 Å². The van der Waals surface area contributed by atoms with Crippen molar-refractivity contribution in [3.05, 3.63) is 61.6 Å². The number of halogens is 4. The minimum Gasteiger partial charge on any atom is -0.450 e. The van der Waals surface area contributed by atoms with Gasteiger partial charge in [0.1, 0.15) is 17.4 Å². The third kappa shape index (κ3) is 3.23. The standard InChI is InChI=1S/C12H5BrClF2NO3/c13-6-1-7(15)3-8(2-6)20-12-5-10(16)9(14)4-11(12)17(18)19/h1-5H. The van der Waals surface area contributed by atoms with Gasteiger partial charge >= 0.3 is 5.69 Å². The molecule has 104 valence electrons. The molecule has 0 radical (unpaired) electrons. The molecule has 0 saturated carbocycles. The van der Waals surface area contributed by atoms with Crippen LogP contribution in [0, 0.1) is 21.7 Å². The van der Waals surface area contributed by atoms with E-state index >= 15 is 0 Å². The molecule has 2 rings (SSSR count). The number of nitro groups is 1. The first-order valence-corrected chi connectivity index (χ1v) is 6.31. The van der Waals surface area contributed by atoms with Crippen molar-refractivity contribution < 1.29 is 18.4 Å². The summed E-state index contributed by atoms with van der Waals surface area (Å²) < 4.78 is 32.1. The molecule has 8 heteroatoms. The summed E-state index contributed by atoms with van der Waals surface area (Å²) >= 11 is 8.53. The topological polar surface area (TPSA) is 52.4 Å². The van der Waals surface area contributed by atoms with E-state index in [2.05, 4.69) is 15.9 Å². The van der Waals surface area contributed by atoms with Gasteiger partial charge in [0.15, 0.2) is 0 Å². The number of hydrogen-bond acceptors (Lipinski definition) is 3. The van der Waals surface area contributed by atoms with E-state index < -0.39 is 27.3 Å². The highest BCUT2D eigenvalue weighted by molar-refractivity contribution is 9.10. The van der Waals surface area contributed by atoms with Crippen LogP contribution in [0.1, 0.15) is 0 Å². The highest BCUT2D eigenvalue weighted by Gasteiger charge is 2.20. The number of ether oxygens (including phenoxy) is 1. The lowest BCUT2D eigenvalue weighted by Crippen LogP contribution is -1.95. The molecule has 0 fully saturated rings. The van der Waals surface area contributed by atoms with Crippen molar-refractivity contribution in [3.8, 4) is 11.5 Å². The molecule has 0 aliphatic heterocycles. The second-order valence-electron chi connectivity index (χ2n) is 3.70. The minimum absolute atomic E-state index is 0.0123. The van der Waals surface area contributed by atoms with E-state index in [1.165, 1.54) is 12.1 Å². The fourth-order valence-electron chi connectivity index (χ4n) is 1.46. The van der Waals surface area contributed by atoms with Gasteiger partial charge in [0.2, 0.25) is 5.75 Å². The summed E-state index contributed by atoms with van der Waals surface area (Å²) in [5.41, 5.74) is -0.517. The van der Waals surface area contributed by atoms with Crippen molar-refractivity contribution >= 4 is 33.2 Å². The summed E-state index contributed by atoms with van der Waals surface area (Å²) in [4.78, 5) is 10.1. The quantitative estimate of drug-likeness (QED) is 0.563. The molecule has 0 aliphatic carbocycles. The molecular formula is C12H5BrClF2NO3. The smallest absolute Gasteiger partial charge is 0.313 e. The predicted octanol–water partition coefficient (Wildman–Crippen LogP) is 5.08. The number of hydrogen-bond donors (Lipinski definition) is 0. The Balaban J connectivity index is 2.47. The van der Waals surface area contributed by atoms with Gasteiger partial charge in [-0.05, 0) is 12.1 Å². The zero-order chi connectivity index (χ0) is 14.9. The normalized spacial score (nSPS) is 10.4. The highest BCUT2D eigenvalue weighted by atomic mass is 79.9. The summed E-state index contributed by atoms with van der Waals surface area (Å²) in [6.07, 6.45) is 0. The first kappa shape index (κ1) is 14.7. The second kappa shape index (κ2) is 5.72. The fraction of sp³-hybridized carbons (Fsp3) is 0. The molecule has 0 spiro atoms. The molecule has 20 heavy (non-hydrogen) atoms. The number of benzene rings is 2. The van der Waals surface area contributed by atoms with E-state index in [1.54, 1.807) is 0 Å². The maximum atomic E-state index is 13.4. The molecule has 0 aromatic heterocycles. The molecule has 0 saturated heterocycles. The molecule has 0 heterocycles. The van der Waals surface area contributed by atoms with Crippen LogP contribution in [-0.4, -0.2) is 4.92 Å². The Hall–Kier alpha value is -1.73. The van der Waals surface area contributed by atoms with Crippen LogP contribution in [0.5, 0.6) is 11.5 Å². The molecule has 2 aromatic rings. The van der Waals surface area contributed by atoms with Crippen LogP contribution in [0.2, 0.25) is 5.02 Å². The van der Waals surface area contributed by atoms with E-state index in [9.17, 15) is 18.9 Å². The average molecular weight is 365 g/mol. The second-order valence-corrected chi connectivity index (χ2v) is 5.02. The van der Waals surface area contributed by atoms with Crippen LogP contribution < -0.4 is 4.74 Å². The monoisotopic (exact) mass is 363 g/mol. The van der Waals surface area contributed by atoms with Gasteiger partial charge < -0.3 is 4.74 Å². The number of rotatable bonds is 3. The highest BCUT2D eigenvalue weighted by Crippen LogP contribution is 2.36. The Labute approximate surface area is 125 Å². The lowest BCUT2D eigenvalue weighted by Gasteiger charge is -2.08. The number of nitrogens with zero attached hydrogens (tertiary/aromatic N) is 1. The Morgan fingerprint density at radius 2 is 1.90 bits per heavy atom. The zero-order valence-corrected chi connectivity index (χ0v) is 11.9. The van der Waals surface area contributed by atoms with Gasteiger partial charge in [0.25, 0.3) is 0 Å². The first-order chi connectivity index (χ1) is 9.36. The summed E-state index contributed by atoms with van der Waals surface area (Å²) in [5, 5.41) is 10.5. The van der Waals surface area contributed by atoms with E-state index in [-0.39, 0.29) is 11.5 Å². The van der Waals surface area contributed by atoms with Gasteiger partial charge in [-0.3, -0.25) is 10.1 Å². The fourth-order valence-corrected chi connectivity index (χ4v) is 2.06.